The van der Waals surface area contributed by atoms with Crippen molar-refractivity contribution in [3.05, 3.63) is 90.6 Å². The lowest BCUT2D eigenvalue weighted by molar-refractivity contribution is -0.130. The van der Waals surface area contributed by atoms with Crippen LogP contribution in [0.3, 0.4) is 0 Å². The van der Waals surface area contributed by atoms with Crippen LogP contribution in [0, 0.1) is 0 Å². The number of aryl methyl sites for hydroxylation is 2. The first-order valence-electron chi connectivity index (χ1n) is 13.1. The average molecular weight is 506 g/mol. The number of carbonyl (C=O) groups excluding carboxylic acids is 1. The molecule has 1 saturated heterocycles. The monoisotopic (exact) mass is 505 g/mol. The van der Waals surface area contributed by atoms with E-state index in [1.165, 1.54) is 5.56 Å². The number of carbonyl (C=O) groups is 1. The lowest BCUT2D eigenvalue weighted by Crippen LogP contribution is -2.49. The number of hydrogen-bond donors (Lipinski definition) is 0. The van der Waals surface area contributed by atoms with Crippen molar-refractivity contribution in [1.82, 2.24) is 29.3 Å². The summed E-state index contributed by atoms with van der Waals surface area (Å²) < 4.78 is 3.78. The molecule has 0 aliphatic carbocycles. The van der Waals surface area contributed by atoms with Gasteiger partial charge in [-0.15, -0.1) is 0 Å². The molecule has 1 aliphatic heterocycles. The summed E-state index contributed by atoms with van der Waals surface area (Å²) in [6, 6.07) is 16.4. The largest absolute Gasteiger partial charge is 0.353 e. The summed E-state index contributed by atoms with van der Waals surface area (Å²) >= 11 is 0. The molecule has 8 heteroatoms. The average Bonchev–Trinajstić information content (AvgIpc) is 3.59. The van der Waals surface area contributed by atoms with Crippen molar-refractivity contribution in [3.8, 4) is 22.3 Å². The van der Waals surface area contributed by atoms with Crippen LogP contribution in [0.5, 0.6) is 0 Å². The van der Waals surface area contributed by atoms with E-state index in [0.717, 1.165) is 58.7 Å². The Morgan fingerprint density at radius 1 is 0.868 bits per heavy atom. The maximum absolute atomic E-state index is 12.8. The van der Waals surface area contributed by atoms with Gasteiger partial charge in [-0.05, 0) is 35.7 Å². The number of piperazine rings is 1. The minimum absolute atomic E-state index is 0.184. The zero-order valence-corrected chi connectivity index (χ0v) is 21.8. The van der Waals surface area contributed by atoms with Crippen LogP contribution in [-0.4, -0.2) is 61.4 Å². The fourth-order valence-corrected chi connectivity index (χ4v) is 5.19. The highest BCUT2D eigenvalue weighted by Crippen LogP contribution is 2.32. The second kappa shape index (κ2) is 10.1. The summed E-state index contributed by atoms with van der Waals surface area (Å²) in [7, 11) is 1.92. The van der Waals surface area contributed by atoms with Crippen molar-refractivity contribution < 1.29 is 4.79 Å². The molecular formula is C30H31N7O. The Labute approximate surface area is 222 Å². The van der Waals surface area contributed by atoms with Gasteiger partial charge in [0.2, 0.25) is 5.91 Å². The zero-order chi connectivity index (χ0) is 26.1. The molecule has 0 saturated carbocycles. The van der Waals surface area contributed by atoms with Gasteiger partial charge in [0.1, 0.15) is 5.82 Å². The Morgan fingerprint density at radius 3 is 2.37 bits per heavy atom. The highest BCUT2D eigenvalue weighted by Gasteiger charge is 2.22. The van der Waals surface area contributed by atoms with E-state index >= 15 is 0 Å². The number of rotatable bonds is 6. The Balaban J connectivity index is 1.21. The fraction of sp³-hybridized carbons (Fsp3) is 0.267. The van der Waals surface area contributed by atoms with Gasteiger partial charge in [-0.2, -0.15) is 10.2 Å². The second-order valence-electron chi connectivity index (χ2n) is 9.80. The van der Waals surface area contributed by atoms with Gasteiger partial charge in [-0.3, -0.25) is 9.48 Å². The number of aromatic nitrogens is 5. The quantitative estimate of drug-likeness (QED) is 0.345. The molecular weight excluding hydrogens is 474 g/mol. The molecule has 192 valence electrons. The van der Waals surface area contributed by atoms with E-state index in [4.69, 9.17) is 4.98 Å². The molecule has 4 aromatic heterocycles. The lowest BCUT2D eigenvalue weighted by Gasteiger charge is -2.35. The highest BCUT2D eigenvalue weighted by molar-refractivity contribution is 5.86. The maximum atomic E-state index is 12.8. The van der Waals surface area contributed by atoms with Crippen LogP contribution < -0.4 is 4.90 Å². The van der Waals surface area contributed by atoms with Gasteiger partial charge in [-0.1, -0.05) is 37.3 Å². The highest BCUT2D eigenvalue weighted by atomic mass is 16.2. The van der Waals surface area contributed by atoms with E-state index in [-0.39, 0.29) is 5.91 Å². The predicted molar refractivity (Wildman–Crippen MR) is 149 cm³/mol. The van der Waals surface area contributed by atoms with Gasteiger partial charge in [0.05, 0.1) is 24.3 Å². The van der Waals surface area contributed by atoms with Crippen molar-refractivity contribution in [2.45, 2.75) is 19.8 Å². The first-order chi connectivity index (χ1) is 18.6. The van der Waals surface area contributed by atoms with Gasteiger partial charge in [0.15, 0.2) is 0 Å². The first kappa shape index (κ1) is 23.9. The molecule has 38 heavy (non-hydrogen) atoms. The molecule has 8 nitrogen and oxygen atoms in total. The van der Waals surface area contributed by atoms with Crippen LogP contribution >= 0.6 is 0 Å². The van der Waals surface area contributed by atoms with Crippen molar-refractivity contribution in [2.75, 3.05) is 31.1 Å². The minimum atomic E-state index is 0.184. The van der Waals surface area contributed by atoms with Crippen LogP contribution in [0.4, 0.5) is 5.82 Å². The van der Waals surface area contributed by atoms with Crippen LogP contribution in [0.25, 0.3) is 27.8 Å². The lowest BCUT2D eigenvalue weighted by atomic mass is 10.0. The van der Waals surface area contributed by atoms with Gasteiger partial charge in [0.25, 0.3) is 0 Å². The van der Waals surface area contributed by atoms with Gasteiger partial charge >= 0.3 is 0 Å². The summed E-state index contributed by atoms with van der Waals surface area (Å²) in [6.45, 7) is 5.12. The molecule has 0 spiro atoms. The van der Waals surface area contributed by atoms with Crippen molar-refractivity contribution in [3.63, 3.8) is 0 Å². The predicted octanol–water partition coefficient (Wildman–Crippen LogP) is 4.25. The van der Waals surface area contributed by atoms with Gasteiger partial charge in [-0.25, -0.2) is 9.50 Å². The fourth-order valence-electron chi connectivity index (χ4n) is 5.19. The normalized spacial score (nSPS) is 13.8. The summed E-state index contributed by atoms with van der Waals surface area (Å²) in [5.74, 6) is 1.12. The Hall–Kier alpha value is -4.46. The van der Waals surface area contributed by atoms with E-state index in [1.807, 2.05) is 76.3 Å². The number of fused-ring (bicyclic) bond motifs is 1. The van der Waals surface area contributed by atoms with Crippen LogP contribution in [-0.2, 0) is 24.7 Å². The smallest absolute Gasteiger partial charge is 0.227 e. The Kier molecular flexibility index (Phi) is 6.37. The van der Waals surface area contributed by atoms with Crippen molar-refractivity contribution in [1.29, 1.82) is 0 Å². The Bertz CT molecular complexity index is 1560. The van der Waals surface area contributed by atoms with Crippen molar-refractivity contribution >= 4 is 17.2 Å². The SMILES string of the molecule is CCc1cnn2cc(-c3cnn(C)c3)cc(-c3ccc(N4CCN(C(=O)Cc5ccccc5)CC4)nc3)c12. The number of anilines is 1. The summed E-state index contributed by atoms with van der Waals surface area (Å²) in [6.07, 6.45) is 11.2. The third-order valence-electron chi connectivity index (χ3n) is 7.32. The molecule has 0 N–H and O–H groups in total. The first-order valence-corrected chi connectivity index (χ1v) is 13.1. The van der Waals surface area contributed by atoms with Gasteiger partial charge in [0, 0.05) is 74.1 Å². The summed E-state index contributed by atoms with van der Waals surface area (Å²) in [4.78, 5) is 21.8. The molecule has 0 atom stereocenters. The third kappa shape index (κ3) is 4.65. The molecule has 1 aromatic carbocycles. The summed E-state index contributed by atoms with van der Waals surface area (Å²) in [5.41, 5.74) is 7.65. The molecule has 0 bridgehead atoms. The topological polar surface area (TPSA) is 71.6 Å². The summed E-state index contributed by atoms with van der Waals surface area (Å²) in [5, 5.41) is 8.98. The molecule has 5 aromatic rings. The Morgan fingerprint density at radius 2 is 1.68 bits per heavy atom. The molecule has 1 fully saturated rings. The molecule has 6 rings (SSSR count). The van der Waals surface area contributed by atoms with E-state index in [0.29, 0.717) is 19.5 Å². The van der Waals surface area contributed by atoms with E-state index in [2.05, 4.69) is 46.4 Å². The minimum Gasteiger partial charge on any atom is -0.353 e. The molecule has 5 heterocycles. The van der Waals surface area contributed by atoms with Crippen LogP contribution in [0.1, 0.15) is 18.1 Å². The van der Waals surface area contributed by atoms with Crippen LogP contribution in [0.15, 0.2) is 79.5 Å². The molecule has 1 aliphatic rings. The zero-order valence-electron chi connectivity index (χ0n) is 21.8. The maximum Gasteiger partial charge on any atom is 0.227 e. The second-order valence-corrected chi connectivity index (χ2v) is 9.80. The molecule has 1 amide bonds. The number of pyridine rings is 2. The van der Waals surface area contributed by atoms with Crippen molar-refractivity contribution in [2.24, 2.45) is 7.05 Å². The number of hydrogen-bond acceptors (Lipinski definition) is 5. The van der Waals surface area contributed by atoms with E-state index < -0.39 is 0 Å². The van der Waals surface area contributed by atoms with Crippen LogP contribution in [0.2, 0.25) is 0 Å². The molecule has 0 radical (unpaired) electrons. The van der Waals surface area contributed by atoms with Gasteiger partial charge < -0.3 is 9.80 Å². The number of amides is 1. The standard InChI is InChI=1S/C30H31N7O/c1-3-23-18-33-37-21-25(26-19-32-34(2)20-26)16-27(30(23)37)24-9-10-28(31-17-24)35-11-13-36(14-12-35)29(38)15-22-7-5-4-6-8-22/h4-10,16-21H,3,11-15H2,1-2H3. The van der Waals surface area contributed by atoms with E-state index in [9.17, 15) is 4.79 Å². The number of nitrogens with zero attached hydrogens (tertiary/aromatic N) is 7. The number of benzene rings is 1. The molecule has 0 unspecified atom stereocenters. The van der Waals surface area contributed by atoms with E-state index in [1.54, 1.807) is 0 Å². The third-order valence-corrected chi connectivity index (χ3v) is 7.32.